The standard InChI is InChI=1S/C15H23N5O4/c21-11-8-19(5-3-17-11)13(23)7-15(1-2-16-10-15)14(24)20-6-4-18-12(22)9-20/h16H,1-10H2,(H,17,21)(H,18,22). The zero-order valence-electron chi connectivity index (χ0n) is 13.6. The maximum Gasteiger partial charge on any atom is 0.239 e. The van der Waals surface area contributed by atoms with E-state index in [9.17, 15) is 19.2 Å². The Kier molecular flexibility index (Phi) is 4.70. The molecule has 3 saturated heterocycles. The number of carbonyl (C=O) groups is 4. The normalized spacial score (nSPS) is 27.7. The second-order valence-electron chi connectivity index (χ2n) is 6.63. The van der Waals surface area contributed by atoms with E-state index in [1.54, 1.807) is 4.90 Å². The fourth-order valence-electron chi connectivity index (χ4n) is 3.55. The topological polar surface area (TPSA) is 111 Å². The van der Waals surface area contributed by atoms with E-state index in [4.69, 9.17) is 0 Å². The lowest BCUT2D eigenvalue weighted by Crippen LogP contribution is -2.56. The van der Waals surface area contributed by atoms with Gasteiger partial charge in [0.15, 0.2) is 0 Å². The van der Waals surface area contributed by atoms with E-state index in [0.29, 0.717) is 45.7 Å². The number of piperazine rings is 2. The van der Waals surface area contributed by atoms with E-state index < -0.39 is 5.41 Å². The van der Waals surface area contributed by atoms with E-state index in [2.05, 4.69) is 16.0 Å². The molecule has 132 valence electrons. The van der Waals surface area contributed by atoms with Crippen molar-refractivity contribution in [3.63, 3.8) is 0 Å². The summed E-state index contributed by atoms with van der Waals surface area (Å²) in [5, 5.41) is 8.55. The fraction of sp³-hybridized carbons (Fsp3) is 0.733. The van der Waals surface area contributed by atoms with E-state index in [0.717, 1.165) is 0 Å². The first-order valence-corrected chi connectivity index (χ1v) is 8.31. The second kappa shape index (κ2) is 6.76. The molecule has 0 radical (unpaired) electrons. The van der Waals surface area contributed by atoms with Crippen LogP contribution in [-0.2, 0) is 19.2 Å². The predicted octanol–water partition coefficient (Wildman–Crippen LogP) is -2.73. The third-order valence-electron chi connectivity index (χ3n) is 4.90. The SMILES string of the molecule is O=C1CN(C(=O)CC2(C(=O)N3CCNC(=O)C3)CCNC2)CCN1. The molecule has 0 saturated carbocycles. The van der Waals surface area contributed by atoms with E-state index in [1.165, 1.54) is 4.90 Å². The van der Waals surface area contributed by atoms with Gasteiger partial charge in [0.2, 0.25) is 23.6 Å². The van der Waals surface area contributed by atoms with Crippen molar-refractivity contribution in [1.29, 1.82) is 0 Å². The maximum absolute atomic E-state index is 13.0. The lowest BCUT2D eigenvalue weighted by atomic mass is 9.81. The molecular weight excluding hydrogens is 314 g/mol. The van der Waals surface area contributed by atoms with Crippen LogP contribution in [0.25, 0.3) is 0 Å². The zero-order chi connectivity index (χ0) is 17.2. The van der Waals surface area contributed by atoms with E-state index in [-0.39, 0.29) is 43.1 Å². The van der Waals surface area contributed by atoms with Gasteiger partial charge in [-0.2, -0.15) is 0 Å². The quantitative estimate of drug-likeness (QED) is 0.518. The summed E-state index contributed by atoms with van der Waals surface area (Å²) in [5.74, 6) is -0.664. The summed E-state index contributed by atoms with van der Waals surface area (Å²) in [4.78, 5) is 51.7. The van der Waals surface area contributed by atoms with Crippen molar-refractivity contribution in [2.24, 2.45) is 5.41 Å². The number of carbonyl (C=O) groups excluding carboxylic acids is 4. The highest BCUT2D eigenvalue weighted by Crippen LogP contribution is 2.33. The Morgan fingerprint density at radius 1 is 0.958 bits per heavy atom. The summed E-state index contributed by atoms with van der Waals surface area (Å²) in [5.41, 5.74) is -0.817. The molecule has 0 aromatic carbocycles. The van der Waals surface area contributed by atoms with Crippen LogP contribution < -0.4 is 16.0 Å². The van der Waals surface area contributed by atoms with Crippen LogP contribution in [0.3, 0.4) is 0 Å². The minimum absolute atomic E-state index is 0.0426. The number of hydrogen-bond donors (Lipinski definition) is 3. The molecule has 3 heterocycles. The first-order chi connectivity index (χ1) is 11.5. The van der Waals surface area contributed by atoms with E-state index >= 15 is 0 Å². The van der Waals surface area contributed by atoms with Gasteiger partial charge in [-0.15, -0.1) is 0 Å². The number of nitrogens with zero attached hydrogens (tertiary/aromatic N) is 2. The predicted molar refractivity (Wildman–Crippen MR) is 83.7 cm³/mol. The molecule has 4 amide bonds. The largest absolute Gasteiger partial charge is 0.353 e. The Hall–Kier alpha value is -2.16. The van der Waals surface area contributed by atoms with Gasteiger partial charge in [0, 0.05) is 39.1 Å². The molecule has 24 heavy (non-hydrogen) atoms. The second-order valence-corrected chi connectivity index (χ2v) is 6.63. The summed E-state index contributed by atoms with van der Waals surface area (Å²) >= 11 is 0. The van der Waals surface area contributed by atoms with Crippen molar-refractivity contribution in [1.82, 2.24) is 25.8 Å². The minimum atomic E-state index is -0.817. The third-order valence-corrected chi connectivity index (χ3v) is 4.90. The molecule has 0 aliphatic carbocycles. The van der Waals surface area contributed by atoms with Crippen molar-refractivity contribution >= 4 is 23.6 Å². The van der Waals surface area contributed by atoms with Crippen LogP contribution in [0.15, 0.2) is 0 Å². The van der Waals surface area contributed by atoms with Crippen LogP contribution >= 0.6 is 0 Å². The molecule has 1 unspecified atom stereocenters. The van der Waals surface area contributed by atoms with Crippen molar-refractivity contribution in [2.75, 3.05) is 52.4 Å². The number of nitrogens with one attached hydrogen (secondary N) is 3. The molecule has 0 aromatic rings. The molecule has 9 nitrogen and oxygen atoms in total. The molecule has 3 aliphatic heterocycles. The van der Waals surface area contributed by atoms with Gasteiger partial charge in [-0.1, -0.05) is 0 Å². The number of rotatable bonds is 3. The van der Waals surface area contributed by atoms with Crippen LogP contribution in [0.5, 0.6) is 0 Å². The molecular formula is C15H23N5O4. The molecule has 3 fully saturated rings. The Morgan fingerprint density at radius 2 is 1.58 bits per heavy atom. The summed E-state index contributed by atoms with van der Waals surface area (Å²) in [6, 6.07) is 0. The van der Waals surface area contributed by atoms with Gasteiger partial charge >= 0.3 is 0 Å². The smallest absolute Gasteiger partial charge is 0.239 e. The van der Waals surface area contributed by atoms with Crippen LogP contribution in [0.1, 0.15) is 12.8 Å². The third kappa shape index (κ3) is 3.35. The van der Waals surface area contributed by atoms with Crippen molar-refractivity contribution in [2.45, 2.75) is 12.8 Å². The maximum atomic E-state index is 13.0. The Labute approximate surface area is 140 Å². The average molecular weight is 337 g/mol. The molecule has 0 bridgehead atoms. The van der Waals surface area contributed by atoms with Gasteiger partial charge in [0.05, 0.1) is 18.5 Å². The number of hydrogen-bond acceptors (Lipinski definition) is 5. The highest BCUT2D eigenvalue weighted by atomic mass is 16.2. The number of amides is 4. The van der Waals surface area contributed by atoms with Gasteiger partial charge in [0.1, 0.15) is 0 Å². The molecule has 3 aliphatic rings. The van der Waals surface area contributed by atoms with Crippen LogP contribution in [0.2, 0.25) is 0 Å². The van der Waals surface area contributed by atoms with Crippen LogP contribution in [-0.4, -0.2) is 85.8 Å². The first-order valence-electron chi connectivity index (χ1n) is 8.31. The lowest BCUT2D eigenvalue weighted by molar-refractivity contribution is -0.150. The molecule has 3 rings (SSSR count). The molecule has 1 atom stereocenters. The summed E-state index contributed by atoms with van der Waals surface area (Å²) in [7, 11) is 0. The zero-order valence-corrected chi connectivity index (χ0v) is 13.6. The Morgan fingerprint density at radius 3 is 2.17 bits per heavy atom. The van der Waals surface area contributed by atoms with E-state index in [1.807, 2.05) is 0 Å². The van der Waals surface area contributed by atoms with Gasteiger partial charge in [-0.05, 0) is 13.0 Å². The Bertz CT molecular complexity index is 558. The van der Waals surface area contributed by atoms with Crippen LogP contribution in [0, 0.1) is 5.41 Å². The van der Waals surface area contributed by atoms with Crippen LogP contribution in [0.4, 0.5) is 0 Å². The molecule has 9 heteroatoms. The monoisotopic (exact) mass is 337 g/mol. The minimum Gasteiger partial charge on any atom is -0.353 e. The highest BCUT2D eigenvalue weighted by molar-refractivity contribution is 5.93. The molecule has 3 N–H and O–H groups in total. The van der Waals surface area contributed by atoms with Gasteiger partial charge in [-0.3, -0.25) is 19.2 Å². The fourth-order valence-corrected chi connectivity index (χ4v) is 3.55. The Balaban J connectivity index is 1.70. The van der Waals surface area contributed by atoms with Crippen molar-refractivity contribution in [3.05, 3.63) is 0 Å². The van der Waals surface area contributed by atoms with Crippen molar-refractivity contribution < 1.29 is 19.2 Å². The molecule has 0 aromatic heterocycles. The molecule has 0 spiro atoms. The highest BCUT2D eigenvalue weighted by Gasteiger charge is 2.46. The van der Waals surface area contributed by atoms with Gasteiger partial charge in [-0.25, -0.2) is 0 Å². The summed E-state index contributed by atoms with van der Waals surface area (Å²) < 4.78 is 0. The van der Waals surface area contributed by atoms with Gasteiger partial charge in [0.25, 0.3) is 0 Å². The summed E-state index contributed by atoms with van der Waals surface area (Å²) in [6.07, 6.45) is 0.639. The lowest BCUT2D eigenvalue weighted by Gasteiger charge is -2.37. The first kappa shape index (κ1) is 16.7. The summed E-state index contributed by atoms with van der Waals surface area (Å²) in [6.45, 7) is 2.99. The van der Waals surface area contributed by atoms with Crippen molar-refractivity contribution in [3.8, 4) is 0 Å². The average Bonchev–Trinajstić information content (AvgIpc) is 3.04. The van der Waals surface area contributed by atoms with Gasteiger partial charge < -0.3 is 25.8 Å².